The summed E-state index contributed by atoms with van der Waals surface area (Å²) >= 11 is 7.85. The van der Waals surface area contributed by atoms with Crippen LogP contribution >= 0.6 is 22.9 Å². The second-order valence-electron chi connectivity index (χ2n) is 6.73. The highest BCUT2D eigenvalue weighted by molar-refractivity contribution is 7.13. The minimum absolute atomic E-state index is 0.184. The Bertz CT molecular complexity index is 922. The average Bonchev–Trinajstić information content (AvgIpc) is 3.31. The molecule has 0 aliphatic rings. The van der Waals surface area contributed by atoms with E-state index in [4.69, 9.17) is 16.1 Å². The predicted molar refractivity (Wildman–Crippen MR) is 108 cm³/mol. The van der Waals surface area contributed by atoms with Gasteiger partial charge >= 0.3 is 0 Å². The topological polar surface area (TPSA) is 80.0 Å². The molecule has 0 saturated heterocycles. The molecule has 0 aliphatic heterocycles. The van der Waals surface area contributed by atoms with Crippen molar-refractivity contribution < 1.29 is 9.32 Å². The maximum atomic E-state index is 12.4. The van der Waals surface area contributed by atoms with Crippen LogP contribution < -0.4 is 10.6 Å². The molecule has 2 N–H and O–H groups in total. The molecule has 8 heteroatoms. The van der Waals surface area contributed by atoms with Crippen molar-refractivity contribution in [3.8, 4) is 10.7 Å². The fourth-order valence-corrected chi connectivity index (χ4v) is 3.20. The first-order valence-corrected chi connectivity index (χ1v) is 9.86. The molecule has 0 spiro atoms. The van der Waals surface area contributed by atoms with Gasteiger partial charge in [0.1, 0.15) is 0 Å². The summed E-state index contributed by atoms with van der Waals surface area (Å²) in [5.41, 5.74) is 0.930. The van der Waals surface area contributed by atoms with Gasteiger partial charge in [0.25, 0.3) is 5.91 Å². The van der Waals surface area contributed by atoms with Crippen molar-refractivity contribution in [2.24, 2.45) is 0 Å². The highest BCUT2D eigenvalue weighted by Crippen LogP contribution is 2.24. The minimum Gasteiger partial charge on any atom is -0.376 e. The van der Waals surface area contributed by atoms with E-state index >= 15 is 0 Å². The van der Waals surface area contributed by atoms with Crippen molar-refractivity contribution in [1.29, 1.82) is 0 Å². The van der Waals surface area contributed by atoms with Gasteiger partial charge < -0.3 is 15.2 Å². The molecule has 3 aromatic rings. The number of nitrogens with one attached hydrogen (secondary N) is 2. The van der Waals surface area contributed by atoms with E-state index in [9.17, 15) is 4.79 Å². The molecule has 6 nitrogen and oxygen atoms in total. The third kappa shape index (κ3) is 4.87. The Morgan fingerprint density at radius 3 is 2.81 bits per heavy atom. The van der Waals surface area contributed by atoms with Crippen LogP contribution in [0, 0.1) is 0 Å². The summed E-state index contributed by atoms with van der Waals surface area (Å²) in [6, 6.07) is 9.10. The summed E-state index contributed by atoms with van der Waals surface area (Å²) in [6.45, 7) is 6.34. The van der Waals surface area contributed by atoms with Gasteiger partial charge in [-0.05, 0) is 49.9 Å². The summed E-state index contributed by atoms with van der Waals surface area (Å²) in [6.07, 6.45) is 0.827. The first kappa shape index (κ1) is 19.4. The fourth-order valence-electron chi connectivity index (χ4n) is 2.28. The molecule has 3 rings (SSSR count). The molecule has 1 aromatic carbocycles. The Balaban J connectivity index is 1.63. The SMILES string of the molecule is CCC(C)(C)NC(=O)c1ccc(NCc2nc(-c3cccs3)no2)cc1Cl. The van der Waals surface area contributed by atoms with Gasteiger partial charge in [0.15, 0.2) is 0 Å². The van der Waals surface area contributed by atoms with Crippen molar-refractivity contribution in [3.63, 3.8) is 0 Å². The van der Waals surface area contributed by atoms with Gasteiger partial charge in [-0.3, -0.25) is 4.79 Å². The number of halogens is 1. The van der Waals surface area contributed by atoms with E-state index in [1.54, 1.807) is 29.5 Å². The van der Waals surface area contributed by atoms with Gasteiger partial charge in [-0.25, -0.2) is 0 Å². The predicted octanol–water partition coefficient (Wildman–Crippen LogP) is 4.98. The summed E-state index contributed by atoms with van der Waals surface area (Å²) in [4.78, 5) is 17.7. The molecule has 0 bridgehead atoms. The standard InChI is InChI=1S/C19H21ClN4O2S/c1-4-19(2,3)23-18(25)13-8-7-12(10-14(13)20)21-11-16-22-17(24-26-16)15-6-5-9-27-15/h5-10,21H,4,11H2,1-3H3,(H,23,25). The summed E-state index contributed by atoms with van der Waals surface area (Å²) < 4.78 is 5.26. The number of carbonyl (C=O) groups is 1. The minimum atomic E-state index is -0.282. The van der Waals surface area contributed by atoms with E-state index in [1.165, 1.54) is 0 Å². The molecule has 27 heavy (non-hydrogen) atoms. The Hall–Kier alpha value is -2.38. The molecule has 0 radical (unpaired) electrons. The van der Waals surface area contributed by atoms with Crippen LogP contribution in [-0.2, 0) is 6.54 Å². The Kier molecular flexibility index (Phi) is 5.82. The highest BCUT2D eigenvalue weighted by atomic mass is 35.5. The maximum Gasteiger partial charge on any atom is 0.253 e. The number of thiophene rings is 1. The number of amides is 1. The summed E-state index contributed by atoms with van der Waals surface area (Å²) in [7, 11) is 0. The van der Waals surface area contributed by atoms with Crippen molar-refractivity contribution in [3.05, 3.63) is 52.2 Å². The third-order valence-electron chi connectivity index (χ3n) is 4.20. The van der Waals surface area contributed by atoms with E-state index in [2.05, 4.69) is 20.8 Å². The highest BCUT2D eigenvalue weighted by Gasteiger charge is 2.20. The zero-order valence-corrected chi connectivity index (χ0v) is 16.9. The molecule has 1 amide bonds. The number of nitrogens with zero attached hydrogens (tertiary/aromatic N) is 2. The van der Waals surface area contributed by atoms with Gasteiger partial charge in [0.2, 0.25) is 11.7 Å². The van der Waals surface area contributed by atoms with Crippen LogP contribution in [0.3, 0.4) is 0 Å². The van der Waals surface area contributed by atoms with E-state index in [0.29, 0.717) is 28.8 Å². The van der Waals surface area contributed by atoms with Crippen LogP contribution in [0.5, 0.6) is 0 Å². The van der Waals surface area contributed by atoms with Gasteiger partial charge in [-0.2, -0.15) is 4.98 Å². The van der Waals surface area contributed by atoms with Gasteiger partial charge in [0.05, 0.1) is 22.0 Å². The normalized spacial score (nSPS) is 11.4. The van der Waals surface area contributed by atoms with Crippen molar-refractivity contribution in [1.82, 2.24) is 15.5 Å². The number of benzene rings is 1. The van der Waals surface area contributed by atoms with Gasteiger partial charge in [-0.1, -0.05) is 29.7 Å². The molecule has 0 fully saturated rings. The molecule has 0 saturated carbocycles. The molecule has 0 aliphatic carbocycles. The van der Waals surface area contributed by atoms with Crippen molar-refractivity contribution in [2.45, 2.75) is 39.3 Å². The molecular weight excluding hydrogens is 384 g/mol. The number of aromatic nitrogens is 2. The fraction of sp³-hybridized carbons (Fsp3) is 0.316. The van der Waals surface area contributed by atoms with Crippen LogP contribution in [0.1, 0.15) is 43.4 Å². The molecule has 2 aromatic heterocycles. The lowest BCUT2D eigenvalue weighted by molar-refractivity contribution is 0.0911. The zero-order valence-electron chi connectivity index (χ0n) is 15.4. The second-order valence-corrected chi connectivity index (χ2v) is 8.08. The smallest absolute Gasteiger partial charge is 0.253 e. The van der Waals surface area contributed by atoms with E-state index in [-0.39, 0.29) is 11.4 Å². The van der Waals surface area contributed by atoms with Crippen LogP contribution in [0.4, 0.5) is 5.69 Å². The van der Waals surface area contributed by atoms with Crippen molar-refractivity contribution >= 4 is 34.5 Å². The summed E-state index contributed by atoms with van der Waals surface area (Å²) in [5.74, 6) is 0.863. The lowest BCUT2D eigenvalue weighted by Gasteiger charge is -2.24. The van der Waals surface area contributed by atoms with Crippen molar-refractivity contribution in [2.75, 3.05) is 5.32 Å². The monoisotopic (exact) mass is 404 g/mol. The Morgan fingerprint density at radius 2 is 2.15 bits per heavy atom. The molecule has 142 valence electrons. The van der Waals surface area contributed by atoms with E-state index in [0.717, 1.165) is 17.0 Å². The number of carbonyl (C=O) groups excluding carboxylic acids is 1. The number of rotatable bonds is 7. The third-order valence-corrected chi connectivity index (χ3v) is 5.38. The average molecular weight is 405 g/mol. The Morgan fingerprint density at radius 1 is 1.33 bits per heavy atom. The number of hydrogen-bond acceptors (Lipinski definition) is 6. The van der Waals surface area contributed by atoms with E-state index in [1.807, 2.05) is 38.3 Å². The van der Waals surface area contributed by atoms with Crippen LogP contribution in [0.15, 0.2) is 40.2 Å². The molecule has 2 heterocycles. The molecule has 0 unspecified atom stereocenters. The first-order valence-electron chi connectivity index (χ1n) is 8.60. The van der Waals surface area contributed by atoms with E-state index < -0.39 is 0 Å². The Labute approximate surface area is 166 Å². The number of hydrogen-bond donors (Lipinski definition) is 2. The maximum absolute atomic E-state index is 12.4. The molecule has 0 atom stereocenters. The second kappa shape index (κ2) is 8.10. The lowest BCUT2D eigenvalue weighted by Crippen LogP contribution is -2.42. The summed E-state index contributed by atoms with van der Waals surface area (Å²) in [5, 5.41) is 12.5. The van der Waals surface area contributed by atoms with Crippen LogP contribution in [0.2, 0.25) is 5.02 Å². The quantitative estimate of drug-likeness (QED) is 0.580. The van der Waals surface area contributed by atoms with Gasteiger partial charge in [-0.15, -0.1) is 11.3 Å². The number of anilines is 1. The zero-order chi connectivity index (χ0) is 19.4. The molecular formula is C19H21ClN4O2S. The van der Waals surface area contributed by atoms with Crippen LogP contribution in [-0.4, -0.2) is 21.6 Å². The van der Waals surface area contributed by atoms with Crippen LogP contribution in [0.25, 0.3) is 10.7 Å². The van der Waals surface area contributed by atoms with Gasteiger partial charge in [0, 0.05) is 11.2 Å². The largest absolute Gasteiger partial charge is 0.376 e. The first-order chi connectivity index (χ1) is 12.9. The lowest BCUT2D eigenvalue weighted by atomic mass is 10.0.